The standard InChI is InChI=1S/C16H16BrN3O2/c1-20(2)15(21)11-4-3-5-14(10-11)19-16(22)18-13-8-6-12(17)7-9-13/h3-10H,1-2H3,(H2,18,19,22). The van der Waals surface area contributed by atoms with Crippen LogP contribution in [0, 0.1) is 0 Å². The van der Waals surface area contributed by atoms with Crippen LogP contribution in [-0.2, 0) is 0 Å². The van der Waals surface area contributed by atoms with Gasteiger partial charge in [0, 0.05) is 35.5 Å². The second kappa shape index (κ2) is 7.09. The molecule has 0 unspecified atom stereocenters. The topological polar surface area (TPSA) is 61.4 Å². The number of anilines is 2. The normalized spacial score (nSPS) is 9.95. The second-order valence-electron chi connectivity index (χ2n) is 4.87. The first kappa shape index (κ1) is 16.0. The van der Waals surface area contributed by atoms with Gasteiger partial charge < -0.3 is 15.5 Å². The Balaban J connectivity index is 2.04. The molecular weight excluding hydrogens is 346 g/mol. The summed E-state index contributed by atoms with van der Waals surface area (Å²) in [5, 5.41) is 5.43. The van der Waals surface area contributed by atoms with Crippen LogP contribution in [0.3, 0.4) is 0 Å². The minimum atomic E-state index is -0.364. The molecule has 2 aromatic rings. The number of urea groups is 1. The van der Waals surface area contributed by atoms with Crippen LogP contribution in [0.4, 0.5) is 16.2 Å². The molecule has 3 amide bonds. The van der Waals surface area contributed by atoms with Crippen molar-refractivity contribution in [2.24, 2.45) is 0 Å². The van der Waals surface area contributed by atoms with E-state index < -0.39 is 0 Å². The van der Waals surface area contributed by atoms with Crippen LogP contribution in [0.15, 0.2) is 53.0 Å². The first-order valence-electron chi connectivity index (χ1n) is 6.61. The van der Waals surface area contributed by atoms with Crippen molar-refractivity contribution in [1.82, 2.24) is 4.90 Å². The largest absolute Gasteiger partial charge is 0.345 e. The van der Waals surface area contributed by atoms with E-state index in [1.54, 1.807) is 50.5 Å². The zero-order valence-electron chi connectivity index (χ0n) is 12.3. The van der Waals surface area contributed by atoms with E-state index >= 15 is 0 Å². The van der Waals surface area contributed by atoms with Crippen molar-refractivity contribution in [3.05, 3.63) is 58.6 Å². The van der Waals surface area contributed by atoms with Crippen LogP contribution in [0.1, 0.15) is 10.4 Å². The van der Waals surface area contributed by atoms with Crippen molar-refractivity contribution >= 4 is 39.2 Å². The van der Waals surface area contributed by atoms with Crippen molar-refractivity contribution in [3.63, 3.8) is 0 Å². The molecule has 0 saturated carbocycles. The molecule has 0 heterocycles. The van der Waals surface area contributed by atoms with E-state index in [4.69, 9.17) is 0 Å². The quantitative estimate of drug-likeness (QED) is 0.873. The maximum absolute atomic E-state index is 12.0. The van der Waals surface area contributed by atoms with E-state index in [0.717, 1.165) is 4.47 Å². The molecule has 0 spiro atoms. The molecule has 0 atom stereocenters. The Labute approximate surface area is 137 Å². The SMILES string of the molecule is CN(C)C(=O)c1cccc(NC(=O)Nc2ccc(Br)cc2)c1. The molecule has 0 aromatic heterocycles. The first-order valence-corrected chi connectivity index (χ1v) is 7.40. The average Bonchev–Trinajstić information content (AvgIpc) is 2.49. The van der Waals surface area contributed by atoms with Gasteiger partial charge in [-0.2, -0.15) is 0 Å². The number of rotatable bonds is 3. The lowest BCUT2D eigenvalue weighted by atomic mass is 10.2. The summed E-state index contributed by atoms with van der Waals surface area (Å²) >= 11 is 3.33. The molecule has 0 saturated heterocycles. The lowest BCUT2D eigenvalue weighted by Gasteiger charge is -2.12. The fourth-order valence-electron chi connectivity index (χ4n) is 1.81. The predicted molar refractivity (Wildman–Crippen MR) is 91.2 cm³/mol. The molecular formula is C16H16BrN3O2. The summed E-state index contributed by atoms with van der Waals surface area (Å²) in [5.74, 6) is -0.114. The lowest BCUT2D eigenvalue weighted by molar-refractivity contribution is 0.0827. The zero-order chi connectivity index (χ0) is 16.1. The molecule has 2 aromatic carbocycles. The Kier molecular flexibility index (Phi) is 5.16. The van der Waals surface area contributed by atoms with Gasteiger partial charge in [-0.05, 0) is 42.5 Å². The summed E-state index contributed by atoms with van der Waals surface area (Å²) < 4.78 is 0.938. The Hall–Kier alpha value is -2.34. The van der Waals surface area contributed by atoms with Gasteiger partial charge in [0.15, 0.2) is 0 Å². The summed E-state index contributed by atoms with van der Waals surface area (Å²) in [7, 11) is 3.37. The molecule has 0 bridgehead atoms. The summed E-state index contributed by atoms with van der Waals surface area (Å²) in [6.07, 6.45) is 0. The Morgan fingerprint density at radius 3 is 2.23 bits per heavy atom. The molecule has 0 aliphatic heterocycles. The highest BCUT2D eigenvalue weighted by Crippen LogP contribution is 2.15. The summed E-state index contributed by atoms with van der Waals surface area (Å²) in [4.78, 5) is 25.3. The number of carbonyl (C=O) groups excluding carboxylic acids is 2. The van der Waals surface area contributed by atoms with Crippen LogP contribution >= 0.6 is 15.9 Å². The highest BCUT2D eigenvalue weighted by molar-refractivity contribution is 9.10. The van der Waals surface area contributed by atoms with Gasteiger partial charge in [0.05, 0.1) is 0 Å². The average molecular weight is 362 g/mol. The maximum Gasteiger partial charge on any atom is 0.323 e. The van der Waals surface area contributed by atoms with E-state index in [1.165, 1.54) is 4.90 Å². The van der Waals surface area contributed by atoms with Gasteiger partial charge in [-0.15, -0.1) is 0 Å². The van der Waals surface area contributed by atoms with Crippen molar-refractivity contribution in [2.45, 2.75) is 0 Å². The van der Waals surface area contributed by atoms with Gasteiger partial charge in [0.1, 0.15) is 0 Å². The summed E-state index contributed by atoms with van der Waals surface area (Å²) in [5.41, 5.74) is 1.76. The number of hydrogen-bond donors (Lipinski definition) is 2. The fraction of sp³-hybridized carbons (Fsp3) is 0.125. The molecule has 0 radical (unpaired) electrons. The molecule has 5 nitrogen and oxygen atoms in total. The smallest absolute Gasteiger partial charge is 0.323 e. The highest BCUT2D eigenvalue weighted by Gasteiger charge is 2.09. The van der Waals surface area contributed by atoms with E-state index in [-0.39, 0.29) is 11.9 Å². The van der Waals surface area contributed by atoms with Gasteiger partial charge in [-0.25, -0.2) is 4.79 Å². The van der Waals surface area contributed by atoms with Crippen LogP contribution in [0.5, 0.6) is 0 Å². The van der Waals surface area contributed by atoms with Crippen molar-refractivity contribution in [3.8, 4) is 0 Å². The van der Waals surface area contributed by atoms with Crippen molar-refractivity contribution in [2.75, 3.05) is 24.7 Å². The highest BCUT2D eigenvalue weighted by atomic mass is 79.9. The molecule has 0 fully saturated rings. The number of amides is 3. The van der Waals surface area contributed by atoms with Gasteiger partial charge in [0.25, 0.3) is 5.91 Å². The van der Waals surface area contributed by atoms with Crippen LogP contribution in [0.2, 0.25) is 0 Å². The zero-order valence-corrected chi connectivity index (χ0v) is 13.8. The van der Waals surface area contributed by atoms with Crippen LogP contribution in [-0.4, -0.2) is 30.9 Å². The minimum Gasteiger partial charge on any atom is -0.345 e. The van der Waals surface area contributed by atoms with E-state index in [9.17, 15) is 9.59 Å². The monoisotopic (exact) mass is 361 g/mol. The number of nitrogens with one attached hydrogen (secondary N) is 2. The van der Waals surface area contributed by atoms with Crippen molar-refractivity contribution < 1.29 is 9.59 Å². The number of carbonyl (C=O) groups is 2. The molecule has 2 N–H and O–H groups in total. The third-order valence-corrected chi connectivity index (χ3v) is 3.40. The Morgan fingerprint density at radius 2 is 1.59 bits per heavy atom. The fourth-order valence-corrected chi connectivity index (χ4v) is 2.08. The van der Waals surface area contributed by atoms with Gasteiger partial charge in [-0.3, -0.25) is 4.79 Å². The second-order valence-corrected chi connectivity index (χ2v) is 5.78. The van der Waals surface area contributed by atoms with E-state index in [0.29, 0.717) is 16.9 Å². The summed E-state index contributed by atoms with van der Waals surface area (Å²) in [6, 6.07) is 13.7. The van der Waals surface area contributed by atoms with Gasteiger partial charge >= 0.3 is 6.03 Å². The van der Waals surface area contributed by atoms with Crippen LogP contribution < -0.4 is 10.6 Å². The first-order chi connectivity index (χ1) is 10.5. The molecule has 114 valence electrons. The molecule has 22 heavy (non-hydrogen) atoms. The summed E-state index contributed by atoms with van der Waals surface area (Å²) in [6.45, 7) is 0. The molecule has 0 aliphatic carbocycles. The lowest BCUT2D eigenvalue weighted by Crippen LogP contribution is -2.22. The van der Waals surface area contributed by atoms with E-state index in [1.807, 2.05) is 12.1 Å². The Bertz CT molecular complexity index is 684. The molecule has 6 heteroatoms. The van der Waals surface area contributed by atoms with Crippen LogP contribution in [0.25, 0.3) is 0 Å². The Morgan fingerprint density at radius 1 is 0.955 bits per heavy atom. The molecule has 2 rings (SSSR count). The third kappa shape index (κ3) is 4.33. The minimum absolute atomic E-state index is 0.114. The number of hydrogen-bond acceptors (Lipinski definition) is 2. The number of halogens is 1. The van der Waals surface area contributed by atoms with Gasteiger partial charge in [0.2, 0.25) is 0 Å². The maximum atomic E-state index is 12.0. The van der Waals surface area contributed by atoms with Gasteiger partial charge in [-0.1, -0.05) is 22.0 Å². The number of benzene rings is 2. The molecule has 0 aliphatic rings. The van der Waals surface area contributed by atoms with Crippen molar-refractivity contribution in [1.29, 1.82) is 0 Å². The third-order valence-electron chi connectivity index (χ3n) is 2.88. The number of nitrogens with zero attached hydrogens (tertiary/aromatic N) is 1. The predicted octanol–water partition coefficient (Wildman–Crippen LogP) is 3.79. The van der Waals surface area contributed by atoms with E-state index in [2.05, 4.69) is 26.6 Å².